The fourth-order valence-electron chi connectivity index (χ4n) is 5.21. The Morgan fingerprint density at radius 1 is 1.13 bits per heavy atom. The van der Waals surface area contributed by atoms with Gasteiger partial charge >= 0.3 is 6.36 Å². The topological polar surface area (TPSA) is 112 Å². The number of nitrogens with zero attached hydrogens (tertiary/aromatic N) is 3. The number of piperidine rings is 1. The Labute approximate surface area is 224 Å². The zero-order chi connectivity index (χ0) is 27.5. The Kier molecular flexibility index (Phi) is 5.97. The van der Waals surface area contributed by atoms with Gasteiger partial charge < -0.3 is 15.2 Å². The lowest BCUT2D eigenvalue weighted by Gasteiger charge is -2.45. The van der Waals surface area contributed by atoms with Gasteiger partial charge in [-0.1, -0.05) is 18.2 Å². The number of alkyl halides is 3. The zero-order valence-electron chi connectivity index (χ0n) is 20.8. The molecule has 13 heteroatoms. The van der Waals surface area contributed by atoms with Gasteiger partial charge in [-0.05, 0) is 37.9 Å². The summed E-state index contributed by atoms with van der Waals surface area (Å²) in [5.41, 5.74) is 0.621. The highest BCUT2D eigenvalue weighted by molar-refractivity contribution is 7.16. The van der Waals surface area contributed by atoms with Crippen molar-refractivity contribution in [1.82, 2.24) is 25.6 Å². The minimum Gasteiger partial charge on any atom is -0.352 e. The van der Waals surface area contributed by atoms with E-state index in [9.17, 15) is 22.8 Å². The number of carbonyl (C=O) groups excluding carboxylic acids is 2. The van der Waals surface area contributed by atoms with Gasteiger partial charge in [0.05, 0.1) is 22.4 Å². The van der Waals surface area contributed by atoms with Crippen molar-refractivity contribution < 1.29 is 27.5 Å². The van der Waals surface area contributed by atoms with E-state index < -0.39 is 29.8 Å². The average Bonchev–Trinajstić information content (AvgIpc) is 3.58. The molecule has 1 saturated heterocycles. The molecule has 39 heavy (non-hydrogen) atoms. The lowest BCUT2D eigenvalue weighted by atomic mass is 9.87. The van der Waals surface area contributed by atoms with Crippen LogP contribution in [0, 0.1) is 0 Å². The van der Waals surface area contributed by atoms with Crippen LogP contribution in [0.25, 0.3) is 32.3 Å². The highest BCUT2D eigenvalue weighted by Gasteiger charge is 2.46. The smallest absolute Gasteiger partial charge is 0.352 e. The Bertz CT molecular complexity index is 1660. The average molecular weight is 557 g/mol. The van der Waals surface area contributed by atoms with Gasteiger partial charge in [-0.3, -0.25) is 19.6 Å². The van der Waals surface area contributed by atoms with Crippen molar-refractivity contribution in [1.29, 1.82) is 0 Å². The van der Waals surface area contributed by atoms with Gasteiger partial charge in [0.2, 0.25) is 5.95 Å². The molecule has 0 aliphatic carbocycles. The van der Waals surface area contributed by atoms with Crippen molar-refractivity contribution in [2.75, 3.05) is 25.0 Å². The normalized spacial score (nSPS) is 22.4. The number of hydrogen-bond donors (Lipinski definition) is 3. The van der Waals surface area contributed by atoms with E-state index in [0.717, 1.165) is 10.2 Å². The number of hydrogen-bond acceptors (Lipinski definition) is 8. The minimum atomic E-state index is -4.83. The third kappa shape index (κ3) is 4.36. The first-order valence-electron chi connectivity index (χ1n) is 12.2. The molecule has 2 unspecified atom stereocenters. The van der Waals surface area contributed by atoms with Gasteiger partial charge in [0, 0.05) is 41.2 Å². The molecular weight excluding hydrogens is 533 g/mol. The van der Waals surface area contributed by atoms with E-state index in [4.69, 9.17) is 4.98 Å². The summed E-state index contributed by atoms with van der Waals surface area (Å²) in [5, 5.41) is 8.56. The van der Waals surface area contributed by atoms with Crippen LogP contribution in [0.1, 0.15) is 24.6 Å². The molecule has 1 aromatic carbocycles. The Hall–Kier alpha value is -3.81. The second kappa shape index (κ2) is 9.14. The first kappa shape index (κ1) is 25.5. The monoisotopic (exact) mass is 556 g/mol. The molecule has 0 saturated carbocycles. The summed E-state index contributed by atoms with van der Waals surface area (Å²) in [6.07, 6.45) is -4.07. The van der Waals surface area contributed by atoms with Crippen molar-refractivity contribution in [2.24, 2.45) is 0 Å². The first-order valence-corrected chi connectivity index (χ1v) is 13.1. The molecule has 2 aliphatic heterocycles. The second-order valence-corrected chi connectivity index (χ2v) is 10.6. The van der Waals surface area contributed by atoms with E-state index in [1.54, 1.807) is 49.3 Å². The molecule has 0 radical (unpaired) electrons. The Balaban J connectivity index is 1.50. The summed E-state index contributed by atoms with van der Waals surface area (Å²) in [5.74, 6) is -1.01. The summed E-state index contributed by atoms with van der Waals surface area (Å²) in [6.45, 7) is 1.89. The number of anilines is 1. The summed E-state index contributed by atoms with van der Waals surface area (Å²) < 4.78 is 44.4. The third-order valence-electron chi connectivity index (χ3n) is 7.46. The van der Waals surface area contributed by atoms with Crippen LogP contribution >= 0.6 is 11.3 Å². The predicted octanol–water partition coefficient (Wildman–Crippen LogP) is 3.83. The Morgan fingerprint density at radius 3 is 2.67 bits per heavy atom. The molecule has 2 atom stereocenters. The predicted molar refractivity (Wildman–Crippen MR) is 141 cm³/mol. The molecule has 3 aromatic heterocycles. The summed E-state index contributed by atoms with van der Waals surface area (Å²) >= 11 is 1.47. The second-order valence-electron chi connectivity index (χ2n) is 9.70. The number of rotatable bonds is 5. The van der Waals surface area contributed by atoms with E-state index >= 15 is 0 Å². The number of thiophene rings is 1. The van der Waals surface area contributed by atoms with E-state index in [0.29, 0.717) is 29.4 Å². The zero-order valence-corrected chi connectivity index (χ0v) is 21.7. The molecule has 6 rings (SSSR count). The molecule has 0 bridgehead atoms. The maximum absolute atomic E-state index is 13.3. The van der Waals surface area contributed by atoms with E-state index in [1.807, 2.05) is 11.4 Å². The van der Waals surface area contributed by atoms with Crippen LogP contribution < -0.4 is 15.5 Å². The van der Waals surface area contributed by atoms with Gasteiger partial charge in [-0.2, -0.15) is 0 Å². The number of benzene rings is 1. The largest absolute Gasteiger partial charge is 0.522 e. The number of halogens is 3. The molecule has 0 spiro atoms. The standard InChI is InChI=1S/C26H23F3N6O3S/c1-25(30-2)8-9-35(12-17(25)38-26(27,28)29)24-32-16-6-4-3-5-14(16)20(33-24)19-18(21(36)34-22(19)37)15-11-31-23-13(15)7-10-39-23/h3-7,10-11,17,30-31H,8-9,12H2,1-2H3,(H,34,36,37). The van der Waals surface area contributed by atoms with Crippen LogP contribution in [0.5, 0.6) is 0 Å². The van der Waals surface area contributed by atoms with E-state index in [-0.39, 0.29) is 29.3 Å². The van der Waals surface area contributed by atoms with Gasteiger partial charge in [0.25, 0.3) is 11.8 Å². The molecule has 1 fully saturated rings. The number of nitrogens with one attached hydrogen (secondary N) is 3. The molecule has 3 N–H and O–H groups in total. The minimum absolute atomic E-state index is 0.0899. The number of aromatic nitrogens is 3. The molecule has 5 heterocycles. The van der Waals surface area contributed by atoms with Crippen LogP contribution in [0.3, 0.4) is 0 Å². The number of ether oxygens (including phenoxy) is 1. The Morgan fingerprint density at radius 2 is 1.90 bits per heavy atom. The van der Waals surface area contributed by atoms with Gasteiger partial charge in [0.1, 0.15) is 10.9 Å². The number of aromatic amines is 1. The van der Waals surface area contributed by atoms with Crippen molar-refractivity contribution >= 4 is 61.4 Å². The first-order chi connectivity index (χ1) is 18.6. The maximum Gasteiger partial charge on any atom is 0.522 e. The highest BCUT2D eigenvalue weighted by atomic mass is 32.1. The quantitative estimate of drug-likeness (QED) is 0.321. The van der Waals surface area contributed by atoms with Crippen LogP contribution in [-0.4, -0.2) is 64.9 Å². The number of carbonyl (C=O) groups is 2. The van der Waals surface area contributed by atoms with Crippen molar-refractivity contribution in [2.45, 2.75) is 31.3 Å². The SMILES string of the molecule is CNC1(C)CCN(c2nc(C3=C(c4c[nH]c5sccc45)C(=O)NC3=O)c3ccccc3n2)CC1OC(F)(F)F. The molecule has 2 amide bonds. The van der Waals surface area contributed by atoms with Gasteiger partial charge in [-0.15, -0.1) is 24.5 Å². The summed E-state index contributed by atoms with van der Waals surface area (Å²) in [7, 11) is 1.60. The lowest BCUT2D eigenvalue weighted by Crippen LogP contribution is -2.62. The summed E-state index contributed by atoms with van der Waals surface area (Å²) in [4.78, 5) is 41.2. The van der Waals surface area contributed by atoms with Crippen LogP contribution in [0.4, 0.5) is 19.1 Å². The number of likely N-dealkylation sites (N-methyl/N-ethyl adjacent to an activating group) is 1. The maximum atomic E-state index is 13.3. The highest BCUT2D eigenvalue weighted by Crippen LogP contribution is 2.39. The molecule has 4 aromatic rings. The number of para-hydroxylation sites is 1. The number of amides is 2. The lowest BCUT2D eigenvalue weighted by molar-refractivity contribution is -0.350. The number of H-pyrrole nitrogens is 1. The molecule has 2 aliphatic rings. The third-order valence-corrected chi connectivity index (χ3v) is 8.31. The van der Waals surface area contributed by atoms with E-state index in [2.05, 4.69) is 25.3 Å². The van der Waals surface area contributed by atoms with Crippen LogP contribution in [0.15, 0.2) is 41.9 Å². The fourth-order valence-corrected chi connectivity index (χ4v) is 5.98. The molecule has 202 valence electrons. The van der Waals surface area contributed by atoms with E-state index in [1.165, 1.54) is 11.3 Å². The molecule has 9 nitrogen and oxygen atoms in total. The van der Waals surface area contributed by atoms with Crippen LogP contribution in [0.2, 0.25) is 0 Å². The van der Waals surface area contributed by atoms with Crippen molar-refractivity contribution in [3.05, 3.63) is 53.2 Å². The van der Waals surface area contributed by atoms with Crippen molar-refractivity contribution in [3.63, 3.8) is 0 Å². The van der Waals surface area contributed by atoms with Crippen molar-refractivity contribution in [3.8, 4) is 0 Å². The number of fused-ring (bicyclic) bond motifs is 2. The fraction of sp³-hybridized carbons (Fsp3) is 0.308. The van der Waals surface area contributed by atoms with Gasteiger partial charge in [-0.25, -0.2) is 9.97 Å². The molecular formula is C26H23F3N6O3S. The van der Waals surface area contributed by atoms with Gasteiger partial charge in [0.15, 0.2) is 0 Å². The number of imide groups is 1. The van der Waals surface area contributed by atoms with Crippen LogP contribution in [-0.2, 0) is 14.3 Å². The summed E-state index contributed by atoms with van der Waals surface area (Å²) in [6, 6.07) is 8.88.